The van der Waals surface area contributed by atoms with E-state index in [4.69, 9.17) is 9.84 Å². The molecule has 0 atom stereocenters. The van der Waals surface area contributed by atoms with Gasteiger partial charge in [0.15, 0.2) is 0 Å². The van der Waals surface area contributed by atoms with Gasteiger partial charge in [-0.15, -0.1) is 0 Å². The average Bonchev–Trinajstić information content (AvgIpc) is 2.30. The Morgan fingerprint density at radius 3 is 2.53 bits per heavy atom. The first-order valence-corrected chi connectivity index (χ1v) is 5.25. The van der Waals surface area contributed by atoms with Gasteiger partial charge in [-0.2, -0.15) is 0 Å². The summed E-state index contributed by atoms with van der Waals surface area (Å²) in [5.74, 6) is -0.260. The Hall–Kier alpha value is -2.04. The number of nitrogens with zero attached hydrogens (tertiary/aromatic N) is 1. The number of carboxylic acids is 1. The molecule has 0 unspecified atom stereocenters. The van der Waals surface area contributed by atoms with Gasteiger partial charge in [-0.3, -0.25) is 0 Å². The van der Waals surface area contributed by atoms with Crippen molar-refractivity contribution in [3.63, 3.8) is 0 Å². The molecule has 0 saturated heterocycles. The smallest absolute Gasteiger partial charge is 0.344 e. The zero-order chi connectivity index (χ0) is 12.7. The van der Waals surface area contributed by atoms with E-state index in [9.17, 15) is 4.79 Å². The molecule has 0 bridgehead atoms. The summed E-state index contributed by atoms with van der Waals surface area (Å²) in [6, 6.07) is 7.34. The number of carboxylic acid groups (broad SMARTS) is 1. The lowest BCUT2D eigenvalue weighted by Gasteiger charge is -2.04. The van der Waals surface area contributed by atoms with Crippen molar-refractivity contribution in [1.29, 1.82) is 0 Å². The van der Waals surface area contributed by atoms with Crippen molar-refractivity contribution in [3.05, 3.63) is 29.8 Å². The predicted molar refractivity (Wildman–Crippen MR) is 63.4 cm³/mol. The Balaban J connectivity index is 2.62. The summed E-state index contributed by atoms with van der Waals surface area (Å²) in [5, 5.41) is 12.1. The lowest BCUT2D eigenvalue weighted by molar-refractivity contribution is -0.142. The first-order chi connectivity index (χ1) is 8.13. The summed E-state index contributed by atoms with van der Waals surface area (Å²) in [5.41, 5.74) is 1.48. The molecule has 17 heavy (non-hydrogen) atoms. The molecule has 0 spiro atoms. The second-order valence-corrected chi connectivity index (χ2v) is 3.30. The SMILES string of the molecule is CCOc1ccc(/C(C)=N/OCC(=O)O)cc1. The summed E-state index contributed by atoms with van der Waals surface area (Å²) in [6.45, 7) is 3.85. The van der Waals surface area contributed by atoms with E-state index >= 15 is 0 Å². The summed E-state index contributed by atoms with van der Waals surface area (Å²) >= 11 is 0. The van der Waals surface area contributed by atoms with Gasteiger partial charge in [0, 0.05) is 0 Å². The van der Waals surface area contributed by atoms with Crippen LogP contribution < -0.4 is 4.74 Å². The summed E-state index contributed by atoms with van der Waals surface area (Å²) in [7, 11) is 0. The zero-order valence-electron chi connectivity index (χ0n) is 9.84. The van der Waals surface area contributed by atoms with E-state index in [0.29, 0.717) is 12.3 Å². The third-order valence-electron chi connectivity index (χ3n) is 1.97. The van der Waals surface area contributed by atoms with E-state index in [-0.39, 0.29) is 0 Å². The fourth-order valence-electron chi connectivity index (χ4n) is 1.20. The van der Waals surface area contributed by atoms with Crippen LogP contribution in [0.2, 0.25) is 0 Å². The molecule has 0 aliphatic heterocycles. The van der Waals surface area contributed by atoms with Crippen LogP contribution in [0, 0.1) is 0 Å². The number of hydrogen-bond donors (Lipinski definition) is 1. The van der Waals surface area contributed by atoms with Crippen LogP contribution in [0.5, 0.6) is 5.75 Å². The van der Waals surface area contributed by atoms with Crippen LogP contribution >= 0.6 is 0 Å². The molecule has 1 aromatic carbocycles. The van der Waals surface area contributed by atoms with Crippen LogP contribution in [0.25, 0.3) is 0 Å². The van der Waals surface area contributed by atoms with E-state index in [1.54, 1.807) is 6.92 Å². The molecule has 0 aliphatic rings. The van der Waals surface area contributed by atoms with Crippen molar-refractivity contribution in [2.75, 3.05) is 13.2 Å². The normalized spacial score (nSPS) is 11.1. The second kappa shape index (κ2) is 6.52. The maximum absolute atomic E-state index is 10.2. The summed E-state index contributed by atoms with van der Waals surface area (Å²) in [4.78, 5) is 14.9. The Bertz CT molecular complexity index is 397. The molecule has 0 aliphatic carbocycles. The van der Waals surface area contributed by atoms with E-state index in [1.807, 2.05) is 31.2 Å². The highest BCUT2D eigenvalue weighted by molar-refractivity contribution is 5.98. The van der Waals surface area contributed by atoms with Crippen molar-refractivity contribution < 1.29 is 19.5 Å². The van der Waals surface area contributed by atoms with Gasteiger partial charge in [0.25, 0.3) is 0 Å². The number of hydrogen-bond acceptors (Lipinski definition) is 4. The minimum Gasteiger partial charge on any atom is -0.494 e. The van der Waals surface area contributed by atoms with E-state index in [0.717, 1.165) is 11.3 Å². The van der Waals surface area contributed by atoms with Crippen molar-refractivity contribution in [1.82, 2.24) is 0 Å². The molecule has 1 rings (SSSR count). The van der Waals surface area contributed by atoms with Gasteiger partial charge >= 0.3 is 5.97 Å². The maximum atomic E-state index is 10.2. The lowest BCUT2D eigenvalue weighted by Crippen LogP contribution is -2.05. The predicted octanol–water partition coefficient (Wildman–Crippen LogP) is 1.91. The van der Waals surface area contributed by atoms with Crippen molar-refractivity contribution in [2.24, 2.45) is 5.16 Å². The van der Waals surface area contributed by atoms with Crippen molar-refractivity contribution >= 4 is 11.7 Å². The third-order valence-corrected chi connectivity index (χ3v) is 1.97. The molecule has 5 heteroatoms. The number of aliphatic carboxylic acids is 1. The maximum Gasteiger partial charge on any atom is 0.344 e. The Labute approximate surface area is 99.7 Å². The van der Waals surface area contributed by atoms with Crippen LogP contribution in [0.3, 0.4) is 0 Å². The molecular weight excluding hydrogens is 222 g/mol. The topological polar surface area (TPSA) is 68.1 Å². The first-order valence-electron chi connectivity index (χ1n) is 5.25. The highest BCUT2D eigenvalue weighted by Crippen LogP contribution is 2.12. The molecule has 1 aromatic rings. The Morgan fingerprint density at radius 1 is 1.35 bits per heavy atom. The van der Waals surface area contributed by atoms with Crippen LogP contribution in [0.4, 0.5) is 0 Å². The van der Waals surface area contributed by atoms with Gasteiger partial charge in [-0.25, -0.2) is 4.79 Å². The van der Waals surface area contributed by atoms with Gasteiger partial charge < -0.3 is 14.7 Å². The van der Waals surface area contributed by atoms with Gasteiger partial charge in [0.1, 0.15) is 5.75 Å². The van der Waals surface area contributed by atoms with Crippen LogP contribution in [0.15, 0.2) is 29.4 Å². The molecule has 5 nitrogen and oxygen atoms in total. The largest absolute Gasteiger partial charge is 0.494 e. The lowest BCUT2D eigenvalue weighted by atomic mass is 10.1. The summed E-state index contributed by atoms with van der Waals surface area (Å²) in [6.07, 6.45) is 0. The van der Waals surface area contributed by atoms with Crippen molar-refractivity contribution in [2.45, 2.75) is 13.8 Å². The Kier molecular flexibility index (Phi) is 5.00. The minimum absolute atomic E-state index is 0.436. The fourth-order valence-corrected chi connectivity index (χ4v) is 1.20. The van der Waals surface area contributed by atoms with E-state index in [1.165, 1.54) is 0 Å². The average molecular weight is 237 g/mol. The van der Waals surface area contributed by atoms with Gasteiger partial charge in [0.2, 0.25) is 6.61 Å². The summed E-state index contributed by atoms with van der Waals surface area (Å²) < 4.78 is 5.30. The molecule has 0 amide bonds. The molecule has 1 N–H and O–H groups in total. The number of rotatable bonds is 6. The number of carbonyl (C=O) groups is 1. The molecule has 0 aromatic heterocycles. The molecular formula is C12H15NO4. The highest BCUT2D eigenvalue weighted by atomic mass is 16.6. The number of benzene rings is 1. The van der Waals surface area contributed by atoms with Gasteiger partial charge in [-0.1, -0.05) is 5.16 Å². The Morgan fingerprint density at radius 2 is 2.00 bits per heavy atom. The molecule has 0 fully saturated rings. The second-order valence-electron chi connectivity index (χ2n) is 3.30. The quantitative estimate of drug-likeness (QED) is 0.606. The monoisotopic (exact) mass is 237 g/mol. The zero-order valence-corrected chi connectivity index (χ0v) is 9.84. The van der Waals surface area contributed by atoms with Crippen LogP contribution in [0.1, 0.15) is 19.4 Å². The van der Waals surface area contributed by atoms with E-state index in [2.05, 4.69) is 9.99 Å². The molecule has 0 saturated carbocycles. The number of ether oxygens (including phenoxy) is 1. The van der Waals surface area contributed by atoms with Crippen molar-refractivity contribution in [3.8, 4) is 5.75 Å². The highest BCUT2D eigenvalue weighted by Gasteiger charge is 2.00. The molecule has 0 radical (unpaired) electrons. The van der Waals surface area contributed by atoms with Crippen LogP contribution in [-0.2, 0) is 9.63 Å². The van der Waals surface area contributed by atoms with Crippen LogP contribution in [-0.4, -0.2) is 30.0 Å². The minimum atomic E-state index is -1.05. The molecule has 0 heterocycles. The standard InChI is InChI=1S/C12H15NO4/c1-3-16-11-6-4-10(5-7-11)9(2)13-17-8-12(14)15/h4-7H,3,8H2,1-2H3,(H,14,15)/b13-9+. The molecule has 92 valence electrons. The van der Waals surface area contributed by atoms with Gasteiger partial charge in [0.05, 0.1) is 12.3 Å². The number of oxime groups is 1. The fraction of sp³-hybridized carbons (Fsp3) is 0.333. The van der Waals surface area contributed by atoms with Gasteiger partial charge in [-0.05, 0) is 43.7 Å². The van der Waals surface area contributed by atoms with E-state index < -0.39 is 12.6 Å². The third kappa shape index (κ3) is 4.55. The first kappa shape index (κ1) is 13.0.